The molecule has 1 aliphatic heterocycles. The van der Waals surface area contributed by atoms with Crippen molar-refractivity contribution in [3.8, 4) is 11.5 Å². The second-order valence-electron chi connectivity index (χ2n) is 7.22. The summed E-state index contributed by atoms with van der Waals surface area (Å²) in [4.78, 5) is 26.6. The summed E-state index contributed by atoms with van der Waals surface area (Å²) in [5, 5.41) is 7.64. The summed E-state index contributed by atoms with van der Waals surface area (Å²) in [6, 6.07) is 13.6. The molecule has 150 valence electrons. The molecule has 2 aromatic heterocycles. The van der Waals surface area contributed by atoms with Crippen molar-refractivity contribution in [2.24, 2.45) is 0 Å². The quantitative estimate of drug-likeness (QED) is 0.630. The molecular weight excluding hydrogens is 366 g/mol. The molecule has 3 heterocycles. The normalized spacial score (nSPS) is 13.8. The topological polar surface area (TPSA) is 72.2 Å². The molecule has 1 fully saturated rings. The Morgan fingerprint density at radius 3 is 2.59 bits per heavy atom. The minimum Gasteiger partial charge on any atom is -0.352 e. The van der Waals surface area contributed by atoms with Gasteiger partial charge in [0.1, 0.15) is 5.56 Å². The fourth-order valence-corrected chi connectivity index (χ4v) is 3.75. The summed E-state index contributed by atoms with van der Waals surface area (Å²) >= 11 is 0. The standard InChI is InChI=1S/C22H25N5O2/c1-17-20(21(29)23-12-8-16-25-15-7-11-19(25)28)22(26-13-5-6-14-26)27(24-17)18-9-3-2-4-10-18/h2-6,9-10,13-14H,7-8,11-12,15-16H2,1H3,(H,23,29). The van der Waals surface area contributed by atoms with Gasteiger partial charge >= 0.3 is 0 Å². The number of aryl methyl sites for hydroxylation is 1. The Kier molecular flexibility index (Phi) is 5.46. The number of benzene rings is 1. The van der Waals surface area contributed by atoms with Gasteiger partial charge in [-0.25, -0.2) is 4.68 Å². The first-order chi connectivity index (χ1) is 14.1. The molecule has 29 heavy (non-hydrogen) atoms. The van der Waals surface area contributed by atoms with Gasteiger partial charge in [0.15, 0.2) is 5.82 Å². The van der Waals surface area contributed by atoms with E-state index in [9.17, 15) is 9.59 Å². The molecule has 1 aromatic carbocycles. The van der Waals surface area contributed by atoms with E-state index in [-0.39, 0.29) is 11.8 Å². The molecular formula is C22H25N5O2. The van der Waals surface area contributed by atoms with Gasteiger partial charge in [-0.15, -0.1) is 0 Å². The Morgan fingerprint density at radius 2 is 1.90 bits per heavy atom. The van der Waals surface area contributed by atoms with Crippen molar-refractivity contribution >= 4 is 11.8 Å². The largest absolute Gasteiger partial charge is 0.352 e. The summed E-state index contributed by atoms with van der Waals surface area (Å²) in [5.41, 5.74) is 2.12. The van der Waals surface area contributed by atoms with E-state index in [0.717, 1.165) is 25.1 Å². The van der Waals surface area contributed by atoms with Gasteiger partial charge < -0.3 is 14.8 Å². The summed E-state index contributed by atoms with van der Waals surface area (Å²) < 4.78 is 3.71. The van der Waals surface area contributed by atoms with E-state index < -0.39 is 0 Å². The van der Waals surface area contributed by atoms with Crippen molar-refractivity contribution in [1.82, 2.24) is 24.6 Å². The number of para-hydroxylation sites is 1. The van der Waals surface area contributed by atoms with Crippen LogP contribution in [-0.4, -0.2) is 50.7 Å². The van der Waals surface area contributed by atoms with Crippen molar-refractivity contribution in [2.45, 2.75) is 26.2 Å². The molecule has 0 unspecified atom stereocenters. The van der Waals surface area contributed by atoms with Crippen LogP contribution in [0.4, 0.5) is 0 Å². The molecule has 0 aliphatic carbocycles. The third-order valence-corrected chi connectivity index (χ3v) is 5.17. The Bertz CT molecular complexity index is 992. The minimum atomic E-state index is -0.152. The van der Waals surface area contributed by atoms with Crippen LogP contribution in [0.15, 0.2) is 54.9 Å². The number of rotatable bonds is 7. The van der Waals surface area contributed by atoms with Gasteiger partial charge in [-0.1, -0.05) is 18.2 Å². The van der Waals surface area contributed by atoms with Crippen LogP contribution in [0.2, 0.25) is 0 Å². The zero-order valence-corrected chi connectivity index (χ0v) is 16.5. The lowest BCUT2D eigenvalue weighted by atomic mass is 10.2. The molecule has 3 aromatic rings. The zero-order valence-electron chi connectivity index (χ0n) is 16.5. The molecule has 7 heteroatoms. The molecule has 0 atom stereocenters. The Labute approximate surface area is 169 Å². The van der Waals surface area contributed by atoms with E-state index in [2.05, 4.69) is 10.4 Å². The molecule has 0 radical (unpaired) electrons. The zero-order chi connectivity index (χ0) is 20.2. The second kappa shape index (κ2) is 8.34. The number of carbonyl (C=O) groups excluding carboxylic acids is 2. The maximum atomic E-state index is 13.0. The average molecular weight is 391 g/mol. The number of hydrogen-bond acceptors (Lipinski definition) is 3. The summed E-state index contributed by atoms with van der Waals surface area (Å²) in [5.74, 6) is 0.776. The van der Waals surface area contributed by atoms with Crippen molar-refractivity contribution in [3.63, 3.8) is 0 Å². The molecule has 1 aliphatic rings. The van der Waals surface area contributed by atoms with E-state index in [0.29, 0.717) is 36.6 Å². The number of aromatic nitrogens is 3. The van der Waals surface area contributed by atoms with Gasteiger partial charge in [0.05, 0.1) is 11.4 Å². The molecule has 0 saturated carbocycles. The lowest BCUT2D eigenvalue weighted by molar-refractivity contribution is -0.127. The predicted molar refractivity (Wildman–Crippen MR) is 110 cm³/mol. The fourth-order valence-electron chi connectivity index (χ4n) is 3.75. The van der Waals surface area contributed by atoms with Crippen LogP contribution in [0.1, 0.15) is 35.3 Å². The third-order valence-electron chi connectivity index (χ3n) is 5.17. The highest BCUT2D eigenvalue weighted by atomic mass is 16.2. The number of hydrogen-bond donors (Lipinski definition) is 1. The van der Waals surface area contributed by atoms with Crippen LogP contribution in [-0.2, 0) is 4.79 Å². The lowest BCUT2D eigenvalue weighted by Gasteiger charge is -2.15. The molecule has 0 spiro atoms. The molecule has 1 saturated heterocycles. The van der Waals surface area contributed by atoms with Gasteiger partial charge in [-0.05, 0) is 44.0 Å². The SMILES string of the molecule is Cc1nn(-c2ccccc2)c(-n2cccc2)c1C(=O)NCCCN1CCCC1=O. The molecule has 0 bridgehead atoms. The Morgan fingerprint density at radius 1 is 1.14 bits per heavy atom. The monoisotopic (exact) mass is 391 g/mol. The van der Waals surface area contributed by atoms with E-state index in [1.165, 1.54) is 0 Å². The highest BCUT2D eigenvalue weighted by Gasteiger charge is 2.24. The number of nitrogens with zero attached hydrogens (tertiary/aromatic N) is 4. The molecule has 1 N–H and O–H groups in total. The third kappa shape index (κ3) is 3.94. The van der Waals surface area contributed by atoms with Gasteiger partial charge in [0, 0.05) is 38.4 Å². The maximum absolute atomic E-state index is 13.0. The Balaban J connectivity index is 1.54. The van der Waals surface area contributed by atoms with Crippen LogP contribution in [0, 0.1) is 6.92 Å². The van der Waals surface area contributed by atoms with Gasteiger partial charge in [0.2, 0.25) is 5.91 Å². The highest BCUT2D eigenvalue weighted by Crippen LogP contribution is 2.23. The van der Waals surface area contributed by atoms with E-state index in [1.54, 1.807) is 4.68 Å². The average Bonchev–Trinajstić information content (AvgIpc) is 3.46. The number of likely N-dealkylation sites (tertiary alicyclic amines) is 1. The van der Waals surface area contributed by atoms with Gasteiger partial charge in [0.25, 0.3) is 5.91 Å². The number of carbonyl (C=O) groups is 2. The van der Waals surface area contributed by atoms with E-state index >= 15 is 0 Å². The predicted octanol–water partition coefficient (Wildman–Crippen LogP) is 2.71. The van der Waals surface area contributed by atoms with Crippen LogP contribution in [0.3, 0.4) is 0 Å². The minimum absolute atomic E-state index is 0.152. The summed E-state index contributed by atoms with van der Waals surface area (Å²) in [7, 11) is 0. The van der Waals surface area contributed by atoms with Crippen molar-refractivity contribution in [1.29, 1.82) is 0 Å². The first-order valence-electron chi connectivity index (χ1n) is 9.99. The molecule has 4 rings (SSSR count). The van der Waals surface area contributed by atoms with Crippen LogP contribution < -0.4 is 5.32 Å². The Hall–Kier alpha value is -3.35. The van der Waals surface area contributed by atoms with E-state index in [4.69, 9.17) is 0 Å². The fraction of sp³-hybridized carbons (Fsp3) is 0.318. The smallest absolute Gasteiger partial charge is 0.256 e. The highest BCUT2D eigenvalue weighted by molar-refractivity contribution is 5.98. The maximum Gasteiger partial charge on any atom is 0.256 e. The van der Waals surface area contributed by atoms with Crippen LogP contribution in [0.25, 0.3) is 11.5 Å². The second-order valence-corrected chi connectivity index (χ2v) is 7.22. The van der Waals surface area contributed by atoms with Crippen LogP contribution in [0.5, 0.6) is 0 Å². The number of nitrogens with one attached hydrogen (secondary N) is 1. The van der Waals surface area contributed by atoms with E-state index in [1.807, 2.05) is 71.2 Å². The summed E-state index contributed by atoms with van der Waals surface area (Å²) in [6.07, 6.45) is 6.13. The molecule has 7 nitrogen and oxygen atoms in total. The van der Waals surface area contributed by atoms with Crippen molar-refractivity contribution < 1.29 is 9.59 Å². The lowest BCUT2D eigenvalue weighted by Crippen LogP contribution is -2.31. The van der Waals surface area contributed by atoms with Crippen molar-refractivity contribution in [2.75, 3.05) is 19.6 Å². The molecule has 2 amide bonds. The van der Waals surface area contributed by atoms with Crippen molar-refractivity contribution in [3.05, 3.63) is 66.1 Å². The number of amides is 2. The van der Waals surface area contributed by atoms with Crippen LogP contribution >= 0.6 is 0 Å². The van der Waals surface area contributed by atoms with Gasteiger partial charge in [-0.3, -0.25) is 9.59 Å². The van der Waals surface area contributed by atoms with Gasteiger partial charge in [-0.2, -0.15) is 5.10 Å². The summed E-state index contributed by atoms with van der Waals surface area (Å²) in [6.45, 7) is 3.88. The first-order valence-corrected chi connectivity index (χ1v) is 9.99. The first kappa shape index (κ1) is 19.0.